The molecule has 2 rings (SSSR count). The number of para-hydroxylation sites is 2. The Bertz CT molecular complexity index is 572. The summed E-state index contributed by atoms with van der Waals surface area (Å²) in [7, 11) is 0. The molecule has 0 fully saturated rings. The first-order chi connectivity index (χ1) is 9.19. The lowest BCUT2D eigenvalue weighted by molar-refractivity contribution is -0.245. The molecule has 20 heavy (non-hydrogen) atoms. The topological polar surface area (TPSA) is 66.8 Å². The molecule has 108 valence electrons. The minimum Gasteiger partial charge on any atom is -0.481 e. The van der Waals surface area contributed by atoms with Crippen molar-refractivity contribution in [2.24, 2.45) is 0 Å². The molecule has 1 amide bonds. The van der Waals surface area contributed by atoms with Gasteiger partial charge in [-0.1, -0.05) is 12.1 Å². The van der Waals surface area contributed by atoms with Crippen molar-refractivity contribution in [3.63, 3.8) is 0 Å². The fraction of sp³-hybridized carbons (Fsp3) is 0.333. The third kappa shape index (κ3) is 1.97. The predicted molar refractivity (Wildman–Crippen MR) is 61.3 cm³/mol. The summed E-state index contributed by atoms with van der Waals surface area (Å²) in [5.74, 6) is -2.85. The van der Waals surface area contributed by atoms with Crippen molar-refractivity contribution in [1.82, 2.24) is 0 Å². The number of carbonyl (C=O) groups excluding carboxylic acids is 1. The van der Waals surface area contributed by atoms with Crippen LogP contribution in [0.4, 0.5) is 18.9 Å². The van der Waals surface area contributed by atoms with E-state index >= 15 is 0 Å². The summed E-state index contributed by atoms with van der Waals surface area (Å²) < 4.78 is 45.0. The number of fused-ring (bicyclic) bond motifs is 1. The molecule has 1 unspecified atom stereocenters. The third-order valence-electron chi connectivity index (χ3n) is 2.89. The van der Waals surface area contributed by atoms with Crippen molar-refractivity contribution >= 4 is 17.6 Å². The average Bonchev–Trinajstić information content (AvgIpc) is 2.61. The van der Waals surface area contributed by atoms with Gasteiger partial charge in [0, 0.05) is 6.92 Å². The molecule has 0 saturated carbocycles. The van der Waals surface area contributed by atoms with Crippen molar-refractivity contribution in [3.8, 4) is 5.75 Å². The SMILES string of the molecule is CC(=O)N1c2ccccc2OC1(CC(=O)O)C(F)(F)F. The molecule has 1 aromatic carbocycles. The van der Waals surface area contributed by atoms with Crippen LogP contribution < -0.4 is 9.64 Å². The van der Waals surface area contributed by atoms with Crippen LogP contribution in [-0.2, 0) is 9.59 Å². The molecular formula is C12H10F3NO4. The van der Waals surface area contributed by atoms with E-state index in [-0.39, 0.29) is 11.4 Å². The highest BCUT2D eigenvalue weighted by molar-refractivity contribution is 5.97. The van der Waals surface area contributed by atoms with Crippen LogP contribution in [0.2, 0.25) is 0 Å². The Morgan fingerprint density at radius 3 is 2.45 bits per heavy atom. The number of benzene rings is 1. The zero-order valence-corrected chi connectivity index (χ0v) is 10.3. The molecule has 0 radical (unpaired) electrons. The van der Waals surface area contributed by atoms with Gasteiger partial charge in [-0.25, -0.2) is 0 Å². The van der Waals surface area contributed by atoms with Gasteiger partial charge in [-0.15, -0.1) is 0 Å². The highest BCUT2D eigenvalue weighted by atomic mass is 19.4. The van der Waals surface area contributed by atoms with Crippen LogP contribution in [0.3, 0.4) is 0 Å². The van der Waals surface area contributed by atoms with E-state index in [1.807, 2.05) is 0 Å². The predicted octanol–water partition coefficient (Wildman–Crippen LogP) is 2.17. The maximum atomic E-state index is 13.4. The number of hydrogen-bond acceptors (Lipinski definition) is 3. The van der Waals surface area contributed by atoms with Gasteiger partial charge in [-0.3, -0.25) is 14.5 Å². The van der Waals surface area contributed by atoms with Crippen molar-refractivity contribution < 1.29 is 32.6 Å². The first-order valence-corrected chi connectivity index (χ1v) is 5.56. The monoisotopic (exact) mass is 289 g/mol. The molecule has 0 aromatic heterocycles. The number of carbonyl (C=O) groups is 2. The standard InChI is InChI=1S/C12H10F3NO4/c1-7(17)16-8-4-2-3-5-9(8)20-11(16,6-10(18)19)12(13,14)15/h2-5H,6H2,1H3,(H,18,19). The van der Waals surface area contributed by atoms with E-state index in [2.05, 4.69) is 0 Å². The number of alkyl halides is 3. The van der Waals surface area contributed by atoms with Gasteiger partial charge in [-0.2, -0.15) is 13.2 Å². The van der Waals surface area contributed by atoms with Crippen LogP contribution in [0.15, 0.2) is 24.3 Å². The van der Waals surface area contributed by atoms with Gasteiger partial charge in [0.15, 0.2) is 0 Å². The number of carboxylic acid groups (broad SMARTS) is 1. The first-order valence-electron chi connectivity index (χ1n) is 5.56. The Morgan fingerprint density at radius 1 is 1.35 bits per heavy atom. The molecule has 1 aliphatic heterocycles. The van der Waals surface area contributed by atoms with Crippen LogP contribution in [-0.4, -0.2) is 28.9 Å². The second-order valence-corrected chi connectivity index (χ2v) is 4.28. The maximum absolute atomic E-state index is 13.4. The van der Waals surface area contributed by atoms with E-state index < -0.39 is 30.2 Å². The number of carboxylic acids is 1. The molecule has 1 aliphatic rings. The van der Waals surface area contributed by atoms with E-state index in [1.165, 1.54) is 24.3 Å². The smallest absolute Gasteiger partial charge is 0.449 e. The van der Waals surface area contributed by atoms with Gasteiger partial charge in [0.05, 0.1) is 5.69 Å². The molecule has 1 aromatic rings. The molecule has 0 aliphatic carbocycles. The summed E-state index contributed by atoms with van der Waals surface area (Å²) in [5, 5.41) is 8.76. The van der Waals surface area contributed by atoms with Gasteiger partial charge in [0.2, 0.25) is 5.91 Å². The van der Waals surface area contributed by atoms with Crippen LogP contribution in [0.25, 0.3) is 0 Å². The van der Waals surface area contributed by atoms with E-state index in [9.17, 15) is 22.8 Å². The lowest BCUT2D eigenvalue weighted by Gasteiger charge is -2.36. The van der Waals surface area contributed by atoms with E-state index in [0.29, 0.717) is 4.90 Å². The lowest BCUT2D eigenvalue weighted by Crippen LogP contribution is -2.62. The van der Waals surface area contributed by atoms with E-state index in [0.717, 1.165) is 6.92 Å². The highest BCUT2D eigenvalue weighted by Crippen LogP contribution is 2.50. The van der Waals surface area contributed by atoms with Crippen LogP contribution in [0.1, 0.15) is 13.3 Å². The number of anilines is 1. The van der Waals surface area contributed by atoms with Crippen LogP contribution in [0.5, 0.6) is 5.75 Å². The maximum Gasteiger partial charge on any atom is 0.449 e. The summed E-state index contributed by atoms with van der Waals surface area (Å²) in [4.78, 5) is 22.8. The number of nitrogens with zero attached hydrogens (tertiary/aromatic N) is 1. The van der Waals surface area contributed by atoms with Gasteiger partial charge < -0.3 is 9.84 Å². The van der Waals surface area contributed by atoms with Crippen molar-refractivity contribution in [3.05, 3.63) is 24.3 Å². The minimum absolute atomic E-state index is 0.0985. The molecule has 0 spiro atoms. The quantitative estimate of drug-likeness (QED) is 0.906. The summed E-state index contributed by atoms with van der Waals surface area (Å²) in [6, 6.07) is 5.39. The molecule has 8 heteroatoms. The minimum atomic E-state index is -5.06. The Kier molecular flexibility index (Phi) is 3.11. The third-order valence-corrected chi connectivity index (χ3v) is 2.89. The molecule has 1 atom stereocenters. The Balaban J connectivity index is 2.64. The second-order valence-electron chi connectivity index (χ2n) is 4.28. The molecule has 1 N–H and O–H groups in total. The summed E-state index contributed by atoms with van der Waals surface area (Å²) >= 11 is 0. The summed E-state index contributed by atoms with van der Waals surface area (Å²) in [6.07, 6.45) is -6.46. The molecule has 1 heterocycles. The van der Waals surface area contributed by atoms with Gasteiger partial charge in [-0.05, 0) is 12.1 Å². The first kappa shape index (κ1) is 14.2. The molecule has 5 nitrogen and oxygen atoms in total. The van der Waals surface area contributed by atoms with E-state index in [1.54, 1.807) is 0 Å². The summed E-state index contributed by atoms with van der Waals surface area (Å²) in [5.41, 5.74) is -3.31. The molecule has 0 saturated heterocycles. The van der Waals surface area contributed by atoms with Crippen molar-refractivity contribution in [2.45, 2.75) is 25.2 Å². The highest BCUT2D eigenvalue weighted by Gasteiger charge is 2.67. The van der Waals surface area contributed by atoms with Crippen LogP contribution >= 0.6 is 0 Å². The van der Waals surface area contributed by atoms with Gasteiger partial charge in [0.25, 0.3) is 5.72 Å². The van der Waals surface area contributed by atoms with E-state index in [4.69, 9.17) is 9.84 Å². The van der Waals surface area contributed by atoms with Gasteiger partial charge >= 0.3 is 12.1 Å². The normalized spacial score (nSPS) is 21.3. The van der Waals surface area contributed by atoms with Crippen molar-refractivity contribution in [1.29, 1.82) is 0 Å². The summed E-state index contributed by atoms with van der Waals surface area (Å²) in [6.45, 7) is 0.924. The van der Waals surface area contributed by atoms with Gasteiger partial charge in [0.1, 0.15) is 12.2 Å². The Morgan fingerprint density at radius 2 is 1.95 bits per heavy atom. The molecule has 0 bridgehead atoms. The number of halogens is 3. The fourth-order valence-electron chi connectivity index (χ4n) is 2.18. The molecular weight excluding hydrogens is 279 g/mol. The number of rotatable bonds is 2. The number of ether oxygens (including phenoxy) is 1. The number of hydrogen-bond donors (Lipinski definition) is 1. The zero-order valence-electron chi connectivity index (χ0n) is 10.3. The Hall–Kier alpha value is -2.25. The number of amides is 1. The fourth-order valence-corrected chi connectivity index (χ4v) is 2.18. The average molecular weight is 289 g/mol. The lowest BCUT2D eigenvalue weighted by atomic mass is 10.1. The second kappa shape index (κ2) is 4.39. The number of aliphatic carboxylic acids is 1. The zero-order chi connectivity index (χ0) is 15.1. The van der Waals surface area contributed by atoms with Crippen LogP contribution in [0, 0.1) is 0 Å². The Labute approximate surface area is 111 Å². The largest absolute Gasteiger partial charge is 0.481 e. The van der Waals surface area contributed by atoms with Crippen molar-refractivity contribution in [2.75, 3.05) is 4.90 Å².